The van der Waals surface area contributed by atoms with Crippen molar-refractivity contribution >= 4 is 5.71 Å². The Balaban J connectivity index is 1.48. The zero-order chi connectivity index (χ0) is 15.8. The summed E-state index contributed by atoms with van der Waals surface area (Å²) in [4.78, 5) is 0. The van der Waals surface area contributed by atoms with Crippen molar-refractivity contribution in [3.8, 4) is 0 Å². The molecule has 2 fully saturated rings. The first-order valence-electron chi connectivity index (χ1n) is 8.34. The molecule has 0 radical (unpaired) electrons. The van der Waals surface area contributed by atoms with E-state index in [1.807, 2.05) is 6.07 Å². The third kappa shape index (κ3) is 3.02. The second-order valence-corrected chi connectivity index (χ2v) is 6.62. The van der Waals surface area contributed by atoms with Gasteiger partial charge in [0.25, 0.3) is 0 Å². The van der Waals surface area contributed by atoms with E-state index in [9.17, 15) is 0 Å². The van der Waals surface area contributed by atoms with Crippen molar-refractivity contribution < 1.29 is 4.74 Å². The summed E-state index contributed by atoms with van der Waals surface area (Å²) in [6.07, 6.45) is 0.307. The minimum Gasteiger partial charge on any atom is -0.358 e. The van der Waals surface area contributed by atoms with Gasteiger partial charge in [-0.15, -0.1) is 0 Å². The molecule has 4 rings (SSSR count). The predicted molar refractivity (Wildman–Crippen MR) is 92.2 cm³/mol. The third-order valence-electron chi connectivity index (χ3n) is 4.52. The fourth-order valence-corrected chi connectivity index (χ4v) is 3.08. The van der Waals surface area contributed by atoms with Crippen LogP contribution in [-0.4, -0.2) is 23.4 Å². The Labute approximate surface area is 137 Å². The van der Waals surface area contributed by atoms with Crippen LogP contribution in [0.25, 0.3) is 0 Å². The molecule has 2 aliphatic heterocycles. The van der Waals surface area contributed by atoms with E-state index < -0.39 is 0 Å². The van der Waals surface area contributed by atoms with Crippen LogP contribution >= 0.6 is 0 Å². The molecule has 2 aromatic carbocycles. The fourth-order valence-electron chi connectivity index (χ4n) is 3.08. The Hall–Kier alpha value is -2.13. The molecule has 0 N–H and O–H groups in total. The zero-order valence-corrected chi connectivity index (χ0v) is 13.6. The Morgan fingerprint density at radius 1 is 1.00 bits per heavy atom. The van der Waals surface area contributed by atoms with Gasteiger partial charge in [0.05, 0.1) is 18.3 Å². The minimum atomic E-state index is 0.134. The lowest BCUT2D eigenvalue weighted by atomic mass is 10.0. The van der Waals surface area contributed by atoms with Crippen molar-refractivity contribution in [3.05, 3.63) is 71.8 Å². The van der Waals surface area contributed by atoms with E-state index in [0.717, 1.165) is 12.3 Å². The molecule has 0 spiro atoms. The Morgan fingerprint density at radius 3 is 2.22 bits per heavy atom. The molecule has 3 heteroatoms. The van der Waals surface area contributed by atoms with E-state index in [0.29, 0.717) is 12.0 Å². The molecule has 0 saturated carbocycles. The second kappa shape index (κ2) is 5.82. The standard InChI is InChI=1S/C20H22N2O/c1-14(2)18(20-19(23-20)16-11-7-4-8-12-16)21-22-13-17(22)15-9-5-3-6-10-15/h3-12,14,17,19-20H,13H2,1-2H3/b21-18-. The van der Waals surface area contributed by atoms with E-state index in [-0.39, 0.29) is 12.2 Å². The van der Waals surface area contributed by atoms with Crippen molar-refractivity contribution in [2.45, 2.75) is 32.1 Å². The van der Waals surface area contributed by atoms with Gasteiger partial charge in [0.1, 0.15) is 12.2 Å². The lowest BCUT2D eigenvalue weighted by molar-refractivity contribution is 0.394. The molecule has 0 aliphatic carbocycles. The zero-order valence-electron chi connectivity index (χ0n) is 13.6. The number of nitrogens with zero attached hydrogens (tertiary/aromatic N) is 2. The highest BCUT2D eigenvalue weighted by molar-refractivity contribution is 5.93. The van der Waals surface area contributed by atoms with Crippen LogP contribution in [0, 0.1) is 5.92 Å². The number of rotatable bonds is 5. The molecule has 2 heterocycles. The Bertz CT molecular complexity index is 696. The van der Waals surface area contributed by atoms with Crippen molar-refractivity contribution in [2.24, 2.45) is 11.0 Å². The average molecular weight is 306 g/mol. The maximum atomic E-state index is 5.94. The van der Waals surface area contributed by atoms with Crippen LogP contribution in [0.15, 0.2) is 65.8 Å². The summed E-state index contributed by atoms with van der Waals surface area (Å²) in [5.74, 6) is 0.394. The molecule has 23 heavy (non-hydrogen) atoms. The second-order valence-electron chi connectivity index (χ2n) is 6.62. The van der Waals surface area contributed by atoms with Gasteiger partial charge < -0.3 is 4.74 Å². The Morgan fingerprint density at radius 2 is 1.61 bits per heavy atom. The van der Waals surface area contributed by atoms with E-state index in [1.165, 1.54) is 11.1 Å². The molecule has 2 saturated heterocycles. The van der Waals surface area contributed by atoms with E-state index >= 15 is 0 Å². The molecular formula is C20H22N2O. The fraction of sp³-hybridized carbons (Fsp3) is 0.350. The molecule has 3 nitrogen and oxygen atoms in total. The number of epoxide rings is 1. The third-order valence-corrected chi connectivity index (χ3v) is 4.52. The summed E-state index contributed by atoms with van der Waals surface area (Å²) in [5.41, 5.74) is 3.75. The van der Waals surface area contributed by atoms with Crippen molar-refractivity contribution in [1.82, 2.24) is 5.01 Å². The van der Waals surface area contributed by atoms with Gasteiger partial charge in [0, 0.05) is 0 Å². The topological polar surface area (TPSA) is 27.9 Å². The van der Waals surface area contributed by atoms with Gasteiger partial charge in [-0.25, -0.2) is 0 Å². The lowest BCUT2D eigenvalue weighted by Gasteiger charge is -2.09. The van der Waals surface area contributed by atoms with Crippen LogP contribution in [0.4, 0.5) is 0 Å². The highest BCUT2D eigenvalue weighted by Crippen LogP contribution is 2.42. The summed E-state index contributed by atoms with van der Waals surface area (Å²) in [6, 6.07) is 21.5. The molecule has 2 aromatic rings. The van der Waals surface area contributed by atoms with E-state index in [2.05, 4.69) is 73.5 Å². The monoisotopic (exact) mass is 306 g/mol. The first kappa shape index (κ1) is 14.5. The molecule has 0 amide bonds. The largest absolute Gasteiger partial charge is 0.358 e. The number of hydrogen-bond donors (Lipinski definition) is 0. The quantitative estimate of drug-likeness (QED) is 0.612. The summed E-state index contributed by atoms with van der Waals surface area (Å²) in [7, 11) is 0. The molecular weight excluding hydrogens is 284 g/mol. The molecule has 2 aliphatic rings. The van der Waals surface area contributed by atoms with Gasteiger partial charge >= 0.3 is 0 Å². The number of hydrogen-bond acceptors (Lipinski definition) is 3. The van der Waals surface area contributed by atoms with Crippen molar-refractivity contribution in [2.75, 3.05) is 6.54 Å². The number of ether oxygens (including phenoxy) is 1. The average Bonchev–Trinajstić information content (AvgIpc) is 3.48. The first-order chi connectivity index (χ1) is 11.2. The molecule has 3 atom stereocenters. The molecule has 0 bridgehead atoms. The number of hydrazone groups is 1. The van der Waals surface area contributed by atoms with Gasteiger partial charge in [-0.1, -0.05) is 74.5 Å². The summed E-state index contributed by atoms with van der Waals surface area (Å²) in [5, 5.41) is 7.08. The molecule has 118 valence electrons. The summed E-state index contributed by atoms with van der Waals surface area (Å²) in [6.45, 7) is 5.40. The van der Waals surface area contributed by atoms with E-state index in [1.54, 1.807) is 0 Å². The minimum absolute atomic E-state index is 0.134. The maximum Gasteiger partial charge on any atom is 0.129 e. The van der Waals surface area contributed by atoms with Gasteiger partial charge in [-0.2, -0.15) is 5.10 Å². The van der Waals surface area contributed by atoms with Gasteiger partial charge in [0.15, 0.2) is 0 Å². The lowest BCUT2D eigenvalue weighted by Crippen LogP contribution is -2.17. The van der Waals surface area contributed by atoms with Crippen molar-refractivity contribution in [1.29, 1.82) is 0 Å². The SMILES string of the molecule is CC(C)/C(=N/N1CC1c1ccccc1)C1OC1c1ccccc1. The highest BCUT2D eigenvalue weighted by atomic mass is 16.6. The first-order valence-corrected chi connectivity index (χ1v) is 8.34. The number of benzene rings is 2. The van der Waals surface area contributed by atoms with Crippen LogP contribution in [-0.2, 0) is 4.74 Å². The van der Waals surface area contributed by atoms with Crippen LogP contribution in [0.5, 0.6) is 0 Å². The van der Waals surface area contributed by atoms with Gasteiger partial charge in [0.2, 0.25) is 0 Å². The van der Waals surface area contributed by atoms with E-state index in [4.69, 9.17) is 9.84 Å². The summed E-state index contributed by atoms with van der Waals surface area (Å²) >= 11 is 0. The van der Waals surface area contributed by atoms with Crippen LogP contribution in [0.2, 0.25) is 0 Å². The smallest absolute Gasteiger partial charge is 0.129 e. The normalized spacial score (nSPS) is 26.5. The highest BCUT2D eigenvalue weighted by Gasteiger charge is 2.46. The van der Waals surface area contributed by atoms with Crippen LogP contribution in [0.1, 0.15) is 37.1 Å². The summed E-state index contributed by atoms with van der Waals surface area (Å²) < 4.78 is 5.94. The molecule has 3 unspecified atom stereocenters. The van der Waals surface area contributed by atoms with Gasteiger partial charge in [-0.05, 0) is 17.0 Å². The van der Waals surface area contributed by atoms with Crippen LogP contribution < -0.4 is 0 Å². The predicted octanol–water partition coefficient (Wildman–Crippen LogP) is 4.20. The molecule has 0 aromatic heterocycles. The maximum absolute atomic E-state index is 5.94. The van der Waals surface area contributed by atoms with Gasteiger partial charge in [-0.3, -0.25) is 5.01 Å². The Kier molecular flexibility index (Phi) is 3.66. The van der Waals surface area contributed by atoms with Crippen molar-refractivity contribution in [3.63, 3.8) is 0 Å². The van der Waals surface area contributed by atoms with Crippen LogP contribution in [0.3, 0.4) is 0 Å².